The van der Waals surface area contributed by atoms with Gasteiger partial charge >= 0.3 is 0 Å². The van der Waals surface area contributed by atoms with Crippen molar-refractivity contribution in [2.45, 2.75) is 13.0 Å². The Morgan fingerprint density at radius 1 is 1.13 bits per heavy atom. The molecule has 6 nitrogen and oxygen atoms in total. The molecule has 1 aromatic heterocycles. The van der Waals surface area contributed by atoms with E-state index in [1.54, 1.807) is 14.1 Å². The van der Waals surface area contributed by atoms with Crippen LogP contribution in [0.1, 0.15) is 12.0 Å². The summed E-state index contributed by atoms with van der Waals surface area (Å²) < 4.78 is 24.8. The molecule has 0 unspecified atom stereocenters. The molecule has 0 fully saturated rings. The second-order valence-electron chi connectivity index (χ2n) is 5.83. The van der Waals surface area contributed by atoms with Crippen LogP contribution in [0.15, 0.2) is 36.5 Å². The van der Waals surface area contributed by atoms with Crippen molar-refractivity contribution < 1.29 is 8.42 Å². The molecule has 1 N–H and O–H groups in total. The summed E-state index contributed by atoms with van der Waals surface area (Å²) in [6.07, 6.45) is 2.44. The molecule has 0 aliphatic heterocycles. The predicted octanol–water partition coefficient (Wildman–Crippen LogP) is 1.79. The molecule has 0 saturated heterocycles. The number of nitrogens with zero attached hydrogens (tertiary/aromatic N) is 3. The molecule has 23 heavy (non-hydrogen) atoms. The lowest BCUT2D eigenvalue weighted by atomic mass is 10.1. The number of nitrogens with one attached hydrogen (secondary N) is 1. The van der Waals surface area contributed by atoms with Gasteiger partial charge in [-0.3, -0.25) is 5.10 Å². The second kappa shape index (κ2) is 7.72. The Kier molecular flexibility index (Phi) is 5.92. The van der Waals surface area contributed by atoms with Gasteiger partial charge in [0, 0.05) is 26.2 Å². The number of hydrogen-bond donors (Lipinski definition) is 1. The van der Waals surface area contributed by atoms with Gasteiger partial charge in [-0.1, -0.05) is 30.3 Å². The maximum atomic E-state index is 11.8. The molecule has 2 aromatic rings. The minimum Gasteiger partial charge on any atom is -0.302 e. The molecule has 0 atom stereocenters. The third kappa shape index (κ3) is 4.89. The first kappa shape index (κ1) is 17.7. The van der Waals surface area contributed by atoms with E-state index in [1.165, 1.54) is 4.31 Å². The Bertz CT molecular complexity index is 711. The van der Waals surface area contributed by atoms with Crippen molar-refractivity contribution >= 4 is 10.0 Å². The summed E-state index contributed by atoms with van der Waals surface area (Å²) in [5.41, 5.74) is 3.22. The molecule has 0 amide bonds. The molecule has 7 heteroatoms. The molecular weight excluding hydrogens is 312 g/mol. The first-order valence-corrected chi connectivity index (χ1v) is 9.17. The van der Waals surface area contributed by atoms with Crippen LogP contribution in [0.2, 0.25) is 0 Å². The number of sulfonamides is 1. The van der Waals surface area contributed by atoms with Crippen LogP contribution in [0, 0.1) is 0 Å². The van der Waals surface area contributed by atoms with Crippen LogP contribution in [0.5, 0.6) is 0 Å². The van der Waals surface area contributed by atoms with Gasteiger partial charge in [-0.05, 0) is 25.6 Å². The van der Waals surface area contributed by atoms with Crippen LogP contribution in [-0.4, -0.2) is 61.3 Å². The Morgan fingerprint density at radius 3 is 2.48 bits per heavy atom. The van der Waals surface area contributed by atoms with Gasteiger partial charge in [0.15, 0.2) is 0 Å². The average Bonchev–Trinajstić information content (AvgIpc) is 2.95. The van der Waals surface area contributed by atoms with Gasteiger partial charge in [-0.15, -0.1) is 0 Å². The van der Waals surface area contributed by atoms with Gasteiger partial charge < -0.3 is 4.90 Å². The number of benzene rings is 1. The van der Waals surface area contributed by atoms with E-state index in [1.807, 2.05) is 43.6 Å². The first-order chi connectivity index (χ1) is 10.9. The lowest BCUT2D eigenvalue weighted by molar-refractivity contribution is 0.327. The highest BCUT2D eigenvalue weighted by Gasteiger charge is 2.14. The quantitative estimate of drug-likeness (QED) is 0.798. The third-order valence-electron chi connectivity index (χ3n) is 3.72. The summed E-state index contributed by atoms with van der Waals surface area (Å²) in [6.45, 7) is 1.44. The highest BCUT2D eigenvalue weighted by Crippen LogP contribution is 2.21. The average molecular weight is 336 g/mol. The fourth-order valence-electron chi connectivity index (χ4n) is 2.36. The third-order valence-corrected chi connectivity index (χ3v) is 5.64. The van der Waals surface area contributed by atoms with Crippen LogP contribution >= 0.6 is 0 Å². The van der Waals surface area contributed by atoms with E-state index in [-0.39, 0.29) is 5.75 Å². The van der Waals surface area contributed by atoms with Gasteiger partial charge in [0.25, 0.3) is 0 Å². The van der Waals surface area contributed by atoms with Crippen LogP contribution in [0.3, 0.4) is 0 Å². The van der Waals surface area contributed by atoms with Gasteiger partial charge in [0.05, 0.1) is 17.6 Å². The van der Waals surface area contributed by atoms with E-state index in [4.69, 9.17) is 0 Å². The highest BCUT2D eigenvalue weighted by molar-refractivity contribution is 7.89. The smallest absolute Gasteiger partial charge is 0.213 e. The molecule has 2 rings (SSSR count). The molecule has 0 aliphatic carbocycles. The van der Waals surface area contributed by atoms with Crippen molar-refractivity contribution in [3.05, 3.63) is 42.1 Å². The molecule has 0 spiro atoms. The van der Waals surface area contributed by atoms with Crippen LogP contribution < -0.4 is 0 Å². The van der Waals surface area contributed by atoms with Gasteiger partial charge in [0.1, 0.15) is 0 Å². The number of rotatable bonds is 8. The standard InChI is InChI=1S/C16H24N4O2S/c1-19(2)23(21,22)11-7-10-20(3)13-15-12-17-18-16(15)14-8-5-4-6-9-14/h4-6,8-9,12H,7,10-11,13H2,1-3H3,(H,17,18). The van der Waals surface area contributed by atoms with Crippen molar-refractivity contribution in [3.8, 4) is 11.3 Å². The Balaban J connectivity index is 1.92. The maximum Gasteiger partial charge on any atom is 0.213 e. The Hall–Kier alpha value is -1.70. The van der Waals surface area contributed by atoms with Gasteiger partial charge in [0.2, 0.25) is 10.0 Å². The molecule has 126 valence electrons. The zero-order chi connectivity index (χ0) is 16.9. The molecule has 0 aliphatic rings. The maximum absolute atomic E-state index is 11.8. The number of aromatic nitrogens is 2. The normalized spacial score (nSPS) is 12.2. The molecule has 0 bridgehead atoms. The zero-order valence-electron chi connectivity index (χ0n) is 13.9. The van der Waals surface area contributed by atoms with Crippen LogP contribution in [0.4, 0.5) is 0 Å². The number of aromatic amines is 1. The van der Waals surface area contributed by atoms with Crippen molar-refractivity contribution in [2.24, 2.45) is 0 Å². The molecular formula is C16H24N4O2S. The van der Waals surface area contributed by atoms with E-state index in [0.717, 1.165) is 23.4 Å². The summed E-state index contributed by atoms with van der Waals surface area (Å²) in [5, 5.41) is 7.18. The zero-order valence-corrected chi connectivity index (χ0v) is 14.7. The SMILES string of the molecule is CN(CCCS(=O)(=O)N(C)C)Cc1cn[nH]c1-c1ccccc1. The van der Waals surface area contributed by atoms with Crippen molar-refractivity contribution in [1.29, 1.82) is 0 Å². The second-order valence-corrected chi connectivity index (χ2v) is 8.13. The van der Waals surface area contributed by atoms with Crippen LogP contribution in [-0.2, 0) is 16.6 Å². The molecule has 1 aromatic carbocycles. The Labute approximate surface area is 138 Å². The molecule has 1 heterocycles. The van der Waals surface area contributed by atoms with Crippen molar-refractivity contribution in [2.75, 3.05) is 33.4 Å². The van der Waals surface area contributed by atoms with Gasteiger partial charge in [-0.25, -0.2) is 12.7 Å². The largest absolute Gasteiger partial charge is 0.302 e. The molecule has 0 saturated carbocycles. The monoisotopic (exact) mass is 336 g/mol. The lowest BCUT2D eigenvalue weighted by Gasteiger charge is -2.17. The van der Waals surface area contributed by atoms with Gasteiger partial charge in [-0.2, -0.15) is 5.10 Å². The summed E-state index contributed by atoms with van der Waals surface area (Å²) in [7, 11) is 2.00. The lowest BCUT2D eigenvalue weighted by Crippen LogP contribution is -2.28. The minimum absolute atomic E-state index is 0.168. The fraction of sp³-hybridized carbons (Fsp3) is 0.438. The summed E-state index contributed by atoms with van der Waals surface area (Å²) in [4.78, 5) is 2.11. The predicted molar refractivity (Wildman–Crippen MR) is 92.4 cm³/mol. The van der Waals surface area contributed by atoms with E-state index in [9.17, 15) is 8.42 Å². The van der Waals surface area contributed by atoms with Crippen molar-refractivity contribution in [3.63, 3.8) is 0 Å². The summed E-state index contributed by atoms with van der Waals surface area (Å²) in [6, 6.07) is 10.1. The van der Waals surface area contributed by atoms with E-state index in [2.05, 4.69) is 15.1 Å². The summed E-state index contributed by atoms with van der Waals surface area (Å²) >= 11 is 0. The molecule has 0 radical (unpaired) electrons. The van der Waals surface area contributed by atoms with Crippen LogP contribution in [0.25, 0.3) is 11.3 Å². The highest BCUT2D eigenvalue weighted by atomic mass is 32.2. The van der Waals surface area contributed by atoms with E-state index in [0.29, 0.717) is 13.0 Å². The number of H-pyrrole nitrogens is 1. The number of hydrogen-bond acceptors (Lipinski definition) is 4. The van der Waals surface area contributed by atoms with Crippen molar-refractivity contribution in [1.82, 2.24) is 19.4 Å². The Morgan fingerprint density at radius 2 is 1.83 bits per heavy atom. The minimum atomic E-state index is -3.12. The van der Waals surface area contributed by atoms with E-state index < -0.39 is 10.0 Å². The topological polar surface area (TPSA) is 69.3 Å². The summed E-state index contributed by atoms with van der Waals surface area (Å²) in [5.74, 6) is 0.168. The van der Waals surface area contributed by atoms with E-state index >= 15 is 0 Å². The first-order valence-electron chi connectivity index (χ1n) is 7.56. The fourth-order valence-corrected chi connectivity index (χ4v) is 3.21.